The second kappa shape index (κ2) is 5.75. The van der Waals surface area contributed by atoms with E-state index in [9.17, 15) is 4.79 Å². The predicted molar refractivity (Wildman–Crippen MR) is 82.6 cm³/mol. The van der Waals surface area contributed by atoms with Crippen LogP contribution in [-0.4, -0.2) is 21.6 Å². The van der Waals surface area contributed by atoms with Crippen molar-refractivity contribution in [3.63, 3.8) is 0 Å². The zero-order valence-electron chi connectivity index (χ0n) is 12.0. The molecule has 0 radical (unpaired) electrons. The number of nitrogens with one attached hydrogen (secondary N) is 1. The van der Waals surface area contributed by atoms with Crippen LogP contribution in [0.5, 0.6) is 0 Å². The van der Waals surface area contributed by atoms with E-state index >= 15 is 0 Å². The van der Waals surface area contributed by atoms with E-state index < -0.39 is 0 Å². The number of aryl methyl sites for hydroxylation is 1. The quantitative estimate of drug-likeness (QED) is 0.771. The smallest absolute Gasteiger partial charge is 0.275 e. The highest BCUT2D eigenvalue weighted by molar-refractivity contribution is 7.16. The van der Waals surface area contributed by atoms with Gasteiger partial charge in [-0.2, -0.15) is 9.61 Å². The average molecular weight is 301 g/mol. The van der Waals surface area contributed by atoms with Crippen LogP contribution >= 0.6 is 11.3 Å². The van der Waals surface area contributed by atoms with Gasteiger partial charge in [0.15, 0.2) is 5.01 Å². The summed E-state index contributed by atoms with van der Waals surface area (Å²) in [5.74, 6) is 0. The normalized spacial score (nSPS) is 12.7. The summed E-state index contributed by atoms with van der Waals surface area (Å²) < 4.78 is 1.39. The van der Waals surface area contributed by atoms with Crippen LogP contribution in [0.25, 0.3) is 4.96 Å². The van der Waals surface area contributed by atoms with Gasteiger partial charge in [0.25, 0.3) is 5.56 Å². The Bertz CT molecular complexity index is 809. The van der Waals surface area contributed by atoms with E-state index in [1.165, 1.54) is 32.4 Å². The minimum Gasteiger partial charge on any atom is -0.328 e. The molecule has 0 amide bonds. The third-order valence-corrected chi connectivity index (χ3v) is 4.13. The molecule has 3 rings (SSSR count). The number of nitrogens with zero attached hydrogens (tertiary/aromatic N) is 3. The lowest BCUT2D eigenvalue weighted by atomic mass is 10.2. The molecular weight excluding hydrogens is 284 g/mol. The summed E-state index contributed by atoms with van der Waals surface area (Å²) in [7, 11) is 2.13. The first-order chi connectivity index (χ1) is 10.1. The number of rotatable bonds is 4. The molecule has 1 aromatic carbocycles. The van der Waals surface area contributed by atoms with E-state index in [0.29, 0.717) is 4.96 Å². The summed E-state index contributed by atoms with van der Waals surface area (Å²) in [5.41, 5.74) is 1.92. The van der Waals surface area contributed by atoms with Crippen molar-refractivity contribution in [2.45, 2.75) is 20.0 Å². The van der Waals surface area contributed by atoms with Crippen LogP contribution in [-0.2, 0) is 13.1 Å². The Morgan fingerprint density at radius 2 is 2.00 bits per heavy atom. The lowest BCUT2D eigenvalue weighted by Gasteiger charge is -2.11. The molecule has 5 nitrogen and oxygen atoms in total. The Labute approximate surface area is 126 Å². The molecule has 0 spiro atoms. The van der Waals surface area contributed by atoms with Crippen molar-refractivity contribution >= 4 is 16.3 Å². The second-order valence-electron chi connectivity index (χ2n) is 5.22. The molecule has 21 heavy (non-hydrogen) atoms. The predicted octanol–water partition coefficient (Wildman–Crippen LogP) is 0.674. The third-order valence-electron chi connectivity index (χ3n) is 3.22. The van der Waals surface area contributed by atoms with E-state index in [1.807, 2.05) is 25.1 Å². The Balaban J connectivity index is 1.79. The average Bonchev–Trinajstić information content (AvgIpc) is 2.82. The zero-order chi connectivity index (χ0) is 14.8. The van der Waals surface area contributed by atoms with Crippen LogP contribution in [0.3, 0.4) is 0 Å². The van der Waals surface area contributed by atoms with E-state index in [0.717, 1.165) is 23.8 Å². The van der Waals surface area contributed by atoms with Gasteiger partial charge in [-0.15, -0.1) is 0 Å². The molecule has 0 bridgehead atoms. The van der Waals surface area contributed by atoms with E-state index in [1.54, 1.807) is 0 Å². The fourth-order valence-corrected chi connectivity index (χ4v) is 3.36. The van der Waals surface area contributed by atoms with Crippen LogP contribution in [0, 0.1) is 6.92 Å². The number of aromatic nitrogens is 3. The van der Waals surface area contributed by atoms with Gasteiger partial charge in [0.2, 0.25) is 4.96 Å². The van der Waals surface area contributed by atoms with Gasteiger partial charge in [-0.3, -0.25) is 4.79 Å². The maximum absolute atomic E-state index is 11.9. The van der Waals surface area contributed by atoms with Crippen molar-refractivity contribution in [2.24, 2.45) is 0 Å². The maximum atomic E-state index is 11.9. The first-order valence-corrected chi connectivity index (χ1v) is 7.65. The molecule has 108 valence electrons. The highest BCUT2D eigenvalue weighted by Gasteiger charge is 2.12. The minimum atomic E-state index is -0.110. The van der Waals surface area contributed by atoms with E-state index in [-0.39, 0.29) is 5.56 Å². The van der Waals surface area contributed by atoms with Crippen molar-refractivity contribution in [3.8, 4) is 0 Å². The fourth-order valence-electron chi connectivity index (χ4n) is 2.30. The standard InChI is InChI=1S/C15H16N4OS/c1-11-8-14(20)19-15(16-11)21-13(17-19)10-18(2)9-12-6-4-3-5-7-12/h3-8H,9-10H2,1-2H3/p+1. The highest BCUT2D eigenvalue weighted by atomic mass is 32.1. The molecule has 0 aliphatic carbocycles. The molecule has 0 aliphatic heterocycles. The fraction of sp³-hybridized carbons (Fsp3) is 0.267. The summed E-state index contributed by atoms with van der Waals surface area (Å²) in [6.45, 7) is 3.53. The number of quaternary nitrogens is 1. The Hall–Kier alpha value is -2.05. The summed E-state index contributed by atoms with van der Waals surface area (Å²) in [6, 6.07) is 11.9. The molecule has 0 saturated heterocycles. The summed E-state index contributed by atoms with van der Waals surface area (Å²) in [6.07, 6.45) is 0. The molecule has 1 unspecified atom stereocenters. The number of fused-ring (bicyclic) bond motifs is 1. The van der Waals surface area contributed by atoms with Crippen LogP contribution in [0.15, 0.2) is 41.2 Å². The second-order valence-corrected chi connectivity index (χ2v) is 6.26. The van der Waals surface area contributed by atoms with Gasteiger partial charge in [0.05, 0.1) is 7.05 Å². The third kappa shape index (κ3) is 3.17. The van der Waals surface area contributed by atoms with Crippen molar-refractivity contribution in [1.82, 2.24) is 14.6 Å². The monoisotopic (exact) mass is 301 g/mol. The SMILES string of the molecule is Cc1cc(=O)n2nc(C[NH+](C)Cc3ccccc3)sc2n1. The molecule has 3 aromatic rings. The highest BCUT2D eigenvalue weighted by Crippen LogP contribution is 2.10. The molecule has 1 atom stereocenters. The molecule has 0 saturated carbocycles. The van der Waals surface area contributed by atoms with Crippen LogP contribution < -0.4 is 10.5 Å². The topological polar surface area (TPSA) is 51.7 Å². The summed E-state index contributed by atoms with van der Waals surface area (Å²) >= 11 is 1.48. The van der Waals surface area contributed by atoms with Crippen LogP contribution in [0.2, 0.25) is 0 Å². The molecule has 0 aliphatic rings. The van der Waals surface area contributed by atoms with Crippen molar-refractivity contribution in [2.75, 3.05) is 7.05 Å². The first kappa shape index (κ1) is 13.9. The van der Waals surface area contributed by atoms with Gasteiger partial charge in [-0.1, -0.05) is 41.7 Å². The maximum Gasteiger partial charge on any atom is 0.275 e. The molecule has 2 heterocycles. The van der Waals surface area contributed by atoms with Gasteiger partial charge in [0.1, 0.15) is 13.1 Å². The van der Waals surface area contributed by atoms with Gasteiger partial charge >= 0.3 is 0 Å². The van der Waals surface area contributed by atoms with Crippen LogP contribution in [0.1, 0.15) is 16.3 Å². The van der Waals surface area contributed by atoms with Gasteiger partial charge in [-0.05, 0) is 6.92 Å². The Morgan fingerprint density at radius 1 is 1.24 bits per heavy atom. The Kier molecular flexibility index (Phi) is 3.81. The number of benzene rings is 1. The van der Waals surface area contributed by atoms with Crippen molar-refractivity contribution < 1.29 is 4.90 Å². The summed E-state index contributed by atoms with van der Waals surface area (Å²) in [5, 5.41) is 5.30. The van der Waals surface area contributed by atoms with Crippen molar-refractivity contribution in [1.29, 1.82) is 0 Å². The van der Waals surface area contributed by atoms with Crippen molar-refractivity contribution in [3.05, 3.63) is 63.0 Å². The number of hydrogen-bond donors (Lipinski definition) is 1. The lowest BCUT2D eigenvalue weighted by molar-refractivity contribution is -0.907. The van der Waals surface area contributed by atoms with E-state index in [2.05, 4.69) is 29.3 Å². The molecule has 2 aromatic heterocycles. The molecule has 6 heteroatoms. The minimum absolute atomic E-state index is 0.110. The zero-order valence-corrected chi connectivity index (χ0v) is 12.9. The number of hydrogen-bond acceptors (Lipinski definition) is 4. The molecular formula is C15H17N4OS+. The Morgan fingerprint density at radius 3 is 2.76 bits per heavy atom. The van der Waals surface area contributed by atoms with E-state index in [4.69, 9.17) is 0 Å². The first-order valence-electron chi connectivity index (χ1n) is 6.83. The van der Waals surface area contributed by atoms with Gasteiger partial charge in [0, 0.05) is 17.3 Å². The van der Waals surface area contributed by atoms with Gasteiger partial charge in [-0.25, -0.2) is 4.98 Å². The lowest BCUT2D eigenvalue weighted by Crippen LogP contribution is -3.06. The largest absolute Gasteiger partial charge is 0.328 e. The van der Waals surface area contributed by atoms with Crippen LogP contribution in [0.4, 0.5) is 0 Å². The molecule has 0 fully saturated rings. The van der Waals surface area contributed by atoms with Gasteiger partial charge < -0.3 is 4.90 Å². The molecule has 1 N–H and O–H groups in total. The summed E-state index contributed by atoms with van der Waals surface area (Å²) in [4.78, 5) is 18.2.